The zero-order valence-corrected chi connectivity index (χ0v) is 30.7. The number of rotatable bonds is 4. The summed E-state index contributed by atoms with van der Waals surface area (Å²) in [5.74, 6) is 2.00. The van der Waals surface area contributed by atoms with E-state index in [1.165, 1.54) is 75.1 Å². The Hall–Kier alpha value is -6.49. The van der Waals surface area contributed by atoms with Crippen LogP contribution in [-0.4, -0.2) is 15.0 Å². The predicted octanol–water partition coefficient (Wildman–Crippen LogP) is 13.5. The zero-order chi connectivity index (χ0) is 36.0. The summed E-state index contributed by atoms with van der Waals surface area (Å²) in [6, 6.07) is 58.8. The number of hydrogen-bond acceptors (Lipinski definition) is 4. The van der Waals surface area contributed by atoms with Crippen molar-refractivity contribution in [1.82, 2.24) is 15.0 Å². The van der Waals surface area contributed by atoms with Gasteiger partial charge in [-0.25, -0.2) is 15.0 Å². The molecule has 0 radical (unpaired) electrons. The van der Waals surface area contributed by atoms with Gasteiger partial charge in [0, 0.05) is 47.7 Å². The lowest BCUT2D eigenvalue weighted by atomic mass is 9.82. The summed E-state index contributed by atoms with van der Waals surface area (Å²) in [4.78, 5) is 15.5. The molecule has 0 aliphatic heterocycles. The third-order valence-electron chi connectivity index (χ3n) is 11.3. The molecule has 0 spiro atoms. The van der Waals surface area contributed by atoms with Crippen LogP contribution in [0, 0.1) is 0 Å². The van der Waals surface area contributed by atoms with Crippen LogP contribution in [0.25, 0.3) is 98.1 Å². The van der Waals surface area contributed by atoms with Crippen LogP contribution in [0.1, 0.15) is 25.0 Å². The van der Waals surface area contributed by atoms with Crippen molar-refractivity contribution in [3.8, 4) is 56.4 Å². The summed E-state index contributed by atoms with van der Waals surface area (Å²) in [6.07, 6.45) is 0. The fourth-order valence-electron chi connectivity index (χ4n) is 8.57. The standard InChI is InChI=1S/C50H33N3S/c1-50(2)42-19-10-9-16-37(42)38-26-25-35(29-43(38)50)49-52-47(33-14-7-4-8-15-33)51-48(53-49)34-23-21-31-20-22-32-24-27-40-39-18-11-17-36(30-12-5-3-6-13-30)45(39)54-46(40)44(32)41(31)28-34/h3-29H,1-2H3. The van der Waals surface area contributed by atoms with E-state index >= 15 is 0 Å². The molecular weight excluding hydrogens is 675 g/mol. The molecule has 8 aromatic carbocycles. The van der Waals surface area contributed by atoms with E-state index in [4.69, 9.17) is 15.0 Å². The summed E-state index contributed by atoms with van der Waals surface area (Å²) in [6.45, 7) is 4.62. The Morgan fingerprint density at radius 3 is 1.76 bits per heavy atom. The first kappa shape index (κ1) is 31.1. The highest BCUT2D eigenvalue weighted by atomic mass is 32.1. The summed E-state index contributed by atoms with van der Waals surface area (Å²) in [7, 11) is 0. The van der Waals surface area contributed by atoms with Gasteiger partial charge in [-0.1, -0.05) is 166 Å². The van der Waals surface area contributed by atoms with Gasteiger partial charge in [0.25, 0.3) is 0 Å². The van der Waals surface area contributed by atoms with Crippen molar-refractivity contribution in [2.45, 2.75) is 19.3 Å². The second-order valence-corrected chi connectivity index (χ2v) is 15.8. The molecule has 0 saturated heterocycles. The Bertz CT molecular complexity index is 3120. The molecule has 1 aliphatic carbocycles. The molecule has 0 atom stereocenters. The second kappa shape index (κ2) is 11.8. The molecule has 3 nitrogen and oxygen atoms in total. The van der Waals surface area contributed by atoms with Gasteiger partial charge < -0.3 is 0 Å². The minimum Gasteiger partial charge on any atom is -0.208 e. The van der Waals surface area contributed by atoms with Gasteiger partial charge in [-0.15, -0.1) is 11.3 Å². The van der Waals surface area contributed by atoms with Gasteiger partial charge in [-0.05, 0) is 61.7 Å². The third-order valence-corrected chi connectivity index (χ3v) is 12.6. The lowest BCUT2D eigenvalue weighted by Gasteiger charge is -2.21. The Kier molecular flexibility index (Phi) is 6.77. The molecule has 54 heavy (non-hydrogen) atoms. The first-order valence-corrected chi connectivity index (χ1v) is 19.3. The highest BCUT2D eigenvalue weighted by Gasteiger charge is 2.35. The van der Waals surface area contributed by atoms with Crippen molar-refractivity contribution in [1.29, 1.82) is 0 Å². The summed E-state index contributed by atoms with van der Waals surface area (Å²) >= 11 is 1.89. The van der Waals surface area contributed by atoms with Crippen molar-refractivity contribution >= 4 is 53.1 Å². The summed E-state index contributed by atoms with van der Waals surface area (Å²) < 4.78 is 2.62. The van der Waals surface area contributed by atoms with E-state index in [-0.39, 0.29) is 5.41 Å². The van der Waals surface area contributed by atoms with Crippen molar-refractivity contribution in [2.75, 3.05) is 0 Å². The molecule has 2 aromatic heterocycles. The molecule has 0 saturated carbocycles. The number of thiophene rings is 1. The monoisotopic (exact) mass is 707 g/mol. The van der Waals surface area contributed by atoms with Gasteiger partial charge in [0.2, 0.25) is 0 Å². The fraction of sp³-hybridized carbons (Fsp3) is 0.0600. The summed E-state index contributed by atoms with van der Waals surface area (Å²) in [5.41, 5.74) is 10.5. The largest absolute Gasteiger partial charge is 0.208 e. The van der Waals surface area contributed by atoms with Gasteiger partial charge >= 0.3 is 0 Å². The third kappa shape index (κ3) is 4.70. The van der Waals surface area contributed by atoms with Crippen LogP contribution in [0.3, 0.4) is 0 Å². The van der Waals surface area contributed by atoms with E-state index in [0.29, 0.717) is 17.5 Å². The lowest BCUT2D eigenvalue weighted by Crippen LogP contribution is -2.15. The minimum absolute atomic E-state index is 0.126. The fourth-order valence-corrected chi connectivity index (χ4v) is 9.98. The first-order valence-electron chi connectivity index (χ1n) is 18.4. The minimum atomic E-state index is -0.126. The van der Waals surface area contributed by atoms with Crippen LogP contribution in [0.2, 0.25) is 0 Å². The van der Waals surface area contributed by atoms with Crippen LogP contribution in [0.5, 0.6) is 0 Å². The number of hydrogen-bond donors (Lipinski definition) is 0. The van der Waals surface area contributed by atoms with Gasteiger partial charge in [0.1, 0.15) is 0 Å². The smallest absolute Gasteiger partial charge is 0.164 e. The van der Waals surface area contributed by atoms with Gasteiger partial charge in [0.15, 0.2) is 17.5 Å². The highest BCUT2D eigenvalue weighted by Crippen LogP contribution is 2.50. The van der Waals surface area contributed by atoms with Crippen molar-refractivity contribution in [3.05, 3.63) is 175 Å². The molecule has 0 bridgehead atoms. The average molecular weight is 708 g/mol. The quantitative estimate of drug-likeness (QED) is 0.171. The van der Waals surface area contributed by atoms with Crippen molar-refractivity contribution in [2.24, 2.45) is 0 Å². The molecule has 0 fully saturated rings. The molecule has 0 N–H and O–H groups in total. The molecule has 1 aliphatic rings. The van der Waals surface area contributed by atoms with E-state index in [1.807, 2.05) is 29.5 Å². The van der Waals surface area contributed by atoms with Gasteiger partial charge in [-0.2, -0.15) is 0 Å². The molecule has 10 aromatic rings. The topological polar surface area (TPSA) is 38.7 Å². The molecule has 254 valence electrons. The van der Waals surface area contributed by atoms with Crippen molar-refractivity contribution in [3.63, 3.8) is 0 Å². The number of benzene rings is 8. The van der Waals surface area contributed by atoms with Crippen LogP contribution in [0.15, 0.2) is 164 Å². The Balaban J connectivity index is 1.12. The van der Waals surface area contributed by atoms with Crippen LogP contribution >= 0.6 is 11.3 Å². The van der Waals surface area contributed by atoms with E-state index in [0.717, 1.165) is 16.7 Å². The summed E-state index contributed by atoms with van der Waals surface area (Å²) in [5, 5.41) is 7.46. The molecule has 0 amide bonds. The molecule has 2 heterocycles. The van der Waals surface area contributed by atoms with Crippen LogP contribution in [0.4, 0.5) is 0 Å². The van der Waals surface area contributed by atoms with Gasteiger partial charge in [0.05, 0.1) is 0 Å². The Morgan fingerprint density at radius 2 is 0.963 bits per heavy atom. The van der Waals surface area contributed by atoms with E-state index in [2.05, 4.69) is 159 Å². The maximum Gasteiger partial charge on any atom is 0.164 e. The zero-order valence-electron chi connectivity index (χ0n) is 29.8. The molecule has 4 heteroatoms. The second-order valence-electron chi connectivity index (χ2n) is 14.8. The maximum atomic E-state index is 5.23. The number of fused-ring (bicyclic) bond motifs is 10. The molecular formula is C50H33N3S. The SMILES string of the molecule is CC1(C)c2ccccc2-c2ccc(-c3nc(-c4ccccc4)nc(-c4ccc5ccc6ccc7c8cccc(-c9ccccc9)c8sc7c6c5c4)n3)cc21. The predicted molar refractivity (Wildman–Crippen MR) is 227 cm³/mol. The average Bonchev–Trinajstić information content (AvgIpc) is 3.73. The van der Waals surface area contributed by atoms with E-state index in [1.54, 1.807) is 0 Å². The van der Waals surface area contributed by atoms with Crippen LogP contribution < -0.4 is 0 Å². The normalized spacial score (nSPS) is 13.1. The lowest BCUT2D eigenvalue weighted by molar-refractivity contribution is 0.660. The maximum absolute atomic E-state index is 5.23. The molecule has 11 rings (SSSR count). The Labute approximate surface area is 317 Å². The Morgan fingerprint density at radius 1 is 0.389 bits per heavy atom. The molecule has 0 unspecified atom stereocenters. The van der Waals surface area contributed by atoms with E-state index in [9.17, 15) is 0 Å². The number of nitrogens with zero attached hydrogens (tertiary/aromatic N) is 3. The highest BCUT2D eigenvalue weighted by molar-refractivity contribution is 7.27. The first-order chi connectivity index (χ1) is 26.5. The van der Waals surface area contributed by atoms with Gasteiger partial charge in [-0.3, -0.25) is 0 Å². The van der Waals surface area contributed by atoms with Crippen molar-refractivity contribution < 1.29 is 0 Å². The van der Waals surface area contributed by atoms with Crippen LogP contribution in [-0.2, 0) is 5.41 Å². The van der Waals surface area contributed by atoms with E-state index < -0.39 is 0 Å². The number of aromatic nitrogens is 3.